The molecule has 150 valence electrons. The molecule has 0 radical (unpaired) electrons. The topological polar surface area (TPSA) is 96.8 Å². The fourth-order valence-electron chi connectivity index (χ4n) is 3.38. The zero-order valence-corrected chi connectivity index (χ0v) is 16.4. The second kappa shape index (κ2) is 7.71. The fraction of sp³-hybridized carbons (Fsp3) is 0.0870. The molecule has 1 amide bonds. The Hall–Kier alpha value is -4.13. The van der Waals surface area contributed by atoms with Crippen LogP contribution in [0.3, 0.4) is 0 Å². The molecule has 2 N–H and O–H groups in total. The van der Waals surface area contributed by atoms with E-state index in [1.165, 1.54) is 0 Å². The number of carbonyl (C=O) groups excluding carboxylic acids is 1. The number of fused-ring (bicyclic) bond motifs is 1. The highest BCUT2D eigenvalue weighted by Crippen LogP contribution is 2.21. The van der Waals surface area contributed by atoms with Gasteiger partial charge in [-0.15, -0.1) is 0 Å². The first-order chi connectivity index (χ1) is 14.4. The lowest BCUT2D eigenvalue weighted by molar-refractivity contribution is 0.0696. The summed E-state index contributed by atoms with van der Waals surface area (Å²) in [5.41, 5.74) is 6.92. The lowest BCUT2D eigenvalue weighted by atomic mass is 10.2. The highest BCUT2D eigenvalue weighted by atomic mass is 16.4. The van der Waals surface area contributed by atoms with Gasteiger partial charge in [-0.05, 0) is 56.3 Å². The molecular formula is C23H19N3O4. The highest BCUT2D eigenvalue weighted by molar-refractivity contribution is 5.96. The van der Waals surface area contributed by atoms with E-state index in [0.717, 1.165) is 28.0 Å². The van der Waals surface area contributed by atoms with Crippen molar-refractivity contribution in [2.24, 2.45) is 5.10 Å². The van der Waals surface area contributed by atoms with E-state index in [1.807, 2.05) is 42.7 Å². The number of furan rings is 1. The monoisotopic (exact) mass is 401 g/mol. The van der Waals surface area contributed by atoms with Crippen LogP contribution in [0.1, 0.15) is 37.9 Å². The molecule has 7 heteroatoms. The Morgan fingerprint density at radius 1 is 1.07 bits per heavy atom. The van der Waals surface area contributed by atoms with E-state index in [-0.39, 0.29) is 11.3 Å². The molecule has 0 aliphatic heterocycles. The van der Waals surface area contributed by atoms with Crippen LogP contribution in [0, 0.1) is 13.8 Å². The number of hydrogen-bond acceptors (Lipinski definition) is 4. The molecule has 4 aromatic rings. The van der Waals surface area contributed by atoms with Crippen molar-refractivity contribution < 1.29 is 19.1 Å². The van der Waals surface area contributed by atoms with Crippen LogP contribution in [0.2, 0.25) is 0 Å². The van der Waals surface area contributed by atoms with Crippen molar-refractivity contribution in [1.82, 2.24) is 9.99 Å². The summed E-state index contributed by atoms with van der Waals surface area (Å²) in [6.45, 7) is 3.88. The van der Waals surface area contributed by atoms with E-state index < -0.39 is 11.9 Å². The van der Waals surface area contributed by atoms with Crippen molar-refractivity contribution in [1.29, 1.82) is 0 Å². The van der Waals surface area contributed by atoms with Crippen LogP contribution < -0.4 is 5.43 Å². The van der Waals surface area contributed by atoms with Gasteiger partial charge >= 0.3 is 11.9 Å². The summed E-state index contributed by atoms with van der Waals surface area (Å²) in [5.74, 6) is -1.20. The van der Waals surface area contributed by atoms with Gasteiger partial charge in [0.15, 0.2) is 5.76 Å². The van der Waals surface area contributed by atoms with E-state index in [4.69, 9.17) is 9.52 Å². The first-order valence-electron chi connectivity index (χ1n) is 9.28. The number of aromatic nitrogens is 1. The number of benzene rings is 2. The Morgan fingerprint density at radius 2 is 1.80 bits per heavy atom. The maximum Gasteiger partial charge on any atom is 0.335 e. The zero-order chi connectivity index (χ0) is 21.3. The largest absolute Gasteiger partial charge is 0.478 e. The number of hydrogen-bond donors (Lipinski definition) is 2. The molecule has 4 rings (SSSR count). The van der Waals surface area contributed by atoms with Crippen molar-refractivity contribution in [3.8, 4) is 5.69 Å². The van der Waals surface area contributed by atoms with Gasteiger partial charge in [0.1, 0.15) is 5.58 Å². The average Bonchev–Trinajstić information content (AvgIpc) is 3.29. The van der Waals surface area contributed by atoms with Crippen molar-refractivity contribution in [2.45, 2.75) is 13.8 Å². The molecule has 0 bridgehead atoms. The molecule has 0 spiro atoms. The first kappa shape index (κ1) is 19.2. The van der Waals surface area contributed by atoms with Gasteiger partial charge < -0.3 is 14.1 Å². The smallest absolute Gasteiger partial charge is 0.335 e. The zero-order valence-electron chi connectivity index (χ0n) is 16.4. The van der Waals surface area contributed by atoms with Crippen molar-refractivity contribution in [3.05, 3.63) is 88.9 Å². The van der Waals surface area contributed by atoms with Crippen molar-refractivity contribution in [3.63, 3.8) is 0 Å². The van der Waals surface area contributed by atoms with Crippen LogP contribution >= 0.6 is 0 Å². The van der Waals surface area contributed by atoms with Gasteiger partial charge in [0, 0.05) is 28.0 Å². The minimum atomic E-state index is -0.962. The predicted molar refractivity (Wildman–Crippen MR) is 113 cm³/mol. The first-order valence-corrected chi connectivity index (χ1v) is 9.28. The Balaban J connectivity index is 1.52. The molecule has 0 atom stereocenters. The Bertz CT molecular complexity index is 1250. The molecule has 0 saturated heterocycles. The maximum absolute atomic E-state index is 12.3. The number of rotatable bonds is 5. The lowest BCUT2D eigenvalue weighted by Gasteiger charge is -2.09. The number of nitrogens with one attached hydrogen (secondary N) is 1. The van der Waals surface area contributed by atoms with Crippen LogP contribution in [0.4, 0.5) is 0 Å². The van der Waals surface area contributed by atoms with Crippen LogP contribution in [0.15, 0.2) is 70.2 Å². The Labute approximate surface area is 172 Å². The fourth-order valence-corrected chi connectivity index (χ4v) is 3.38. The lowest BCUT2D eigenvalue weighted by Crippen LogP contribution is -2.16. The second-order valence-electron chi connectivity index (χ2n) is 6.86. The normalized spacial score (nSPS) is 11.3. The summed E-state index contributed by atoms with van der Waals surface area (Å²) in [6, 6.07) is 17.7. The van der Waals surface area contributed by atoms with Gasteiger partial charge in [0.25, 0.3) is 0 Å². The number of carboxylic acid groups (broad SMARTS) is 1. The van der Waals surface area contributed by atoms with Crippen LogP contribution in [0.5, 0.6) is 0 Å². The number of carboxylic acids is 1. The summed E-state index contributed by atoms with van der Waals surface area (Å²) in [5, 5.41) is 14.0. The number of aryl methyl sites for hydroxylation is 1. The standard InChI is InChI=1S/C23H19N3O4/c1-14-11-18(15(2)26(14)19-9-7-16(8-10-19)23(28)29)13-24-25-22(27)21-12-17-5-3-4-6-20(17)30-21/h3-13H,1-2H3,(H,25,27)(H,28,29)/b24-13+. The number of hydrazone groups is 1. The van der Waals surface area contributed by atoms with Crippen molar-refractivity contribution in [2.75, 3.05) is 0 Å². The quantitative estimate of drug-likeness (QED) is 0.385. The number of para-hydroxylation sites is 1. The molecular weight excluding hydrogens is 382 g/mol. The van der Waals surface area contributed by atoms with Crippen LogP contribution in [-0.2, 0) is 0 Å². The molecule has 7 nitrogen and oxygen atoms in total. The number of aromatic carboxylic acids is 1. The van der Waals surface area contributed by atoms with Gasteiger partial charge in [-0.25, -0.2) is 10.2 Å². The Morgan fingerprint density at radius 3 is 2.50 bits per heavy atom. The molecule has 2 aromatic heterocycles. The van der Waals surface area contributed by atoms with Crippen LogP contribution in [0.25, 0.3) is 16.7 Å². The minimum absolute atomic E-state index is 0.192. The van der Waals surface area contributed by atoms with Gasteiger partial charge in [-0.3, -0.25) is 4.79 Å². The van der Waals surface area contributed by atoms with Crippen molar-refractivity contribution >= 4 is 29.1 Å². The number of carbonyl (C=O) groups is 2. The molecule has 2 heterocycles. The minimum Gasteiger partial charge on any atom is -0.478 e. The van der Waals surface area contributed by atoms with E-state index in [0.29, 0.717) is 5.58 Å². The summed E-state index contributed by atoms with van der Waals surface area (Å²) in [6.07, 6.45) is 1.57. The Kier molecular flexibility index (Phi) is 4.93. The van der Waals surface area contributed by atoms with E-state index >= 15 is 0 Å². The molecule has 0 unspecified atom stereocenters. The second-order valence-corrected chi connectivity index (χ2v) is 6.86. The molecule has 0 saturated carbocycles. The highest BCUT2D eigenvalue weighted by Gasteiger charge is 2.13. The van der Waals surface area contributed by atoms with E-state index in [1.54, 1.807) is 42.6 Å². The molecule has 0 fully saturated rings. The van der Waals surface area contributed by atoms with E-state index in [9.17, 15) is 9.59 Å². The number of amides is 1. The van der Waals surface area contributed by atoms with Gasteiger partial charge in [-0.2, -0.15) is 5.10 Å². The van der Waals surface area contributed by atoms with E-state index in [2.05, 4.69) is 10.5 Å². The molecule has 0 aliphatic carbocycles. The SMILES string of the molecule is Cc1cc(/C=N/NC(=O)c2cc3ccccc3o2)c(C)n1-c1ccc(C(=O)O)cc1. The maximum atomic E-state index is 12.3. The molecule has 30 heavy (non-hydrogen) atoms. The summed E-state index contributed by atoms with van der Waals surface area (Å²) < 4.78 is 7.53. The van der Waals surface area contributed by atoms with Gasteiger partial charge in [0.2, 0.25) is 0 Å². The molecule has 0 aliphatic rings. The third kappa shape index (κ3) is 3.60. The van der Waals surface area contributed by atoms with Gasteiger partial charge in [0.05, 0.1) is 11.8 Å². The van der Waals surface area contributed by atoms with Crippen LogP contribution in [-0.4, -0.2) is 27.8 Å². The number of nitrogens with zero attached hydrogens (tertiary/aromatic N) is 2. The summed E-state index contributed by atoms with van der Waals surface area (Å²) in [7, 11) is 0. The average molecular weight is 401 g/mol. The molecule has 2 aromatic carbocycles. The summed E-state index contributed by atoms with van der Waals surface area (Å²) >= 11 is 0. The third-order valence-electron chi connectivity index (χ3n) is 4.86. The van der Waals surface area contributed by atoms with Gasteiger partial charge in [-0.1, -0.05) is 18.2 Å². The predicted octanol–water partition coefficient (Wildman–Crippen LogP) is 4.30. The summed E-state index contributed by atoms with van der Waals surface area (Å²) in [4.78, 5) is 23.3. The third-order valence-corrected chi connectivity index (χ3v) is 4.86.